The van der Waals surface area contributed by atoms with Gasteiger partial charge in [-0.15, -0.1) is 11.8 Å². The van der Waals surface area contributed by atoms with Crippen LogP contribution in [0.25, 0.3) is 0 Å². The molecule has 37 heavy (non-hydrogen) atoms. The summed E-state index contributed by atoms with van der Waals surface area (Å²) in [5, 5.41) is 19.8. The van der Waals surface area contributed by atoms with Crippen molar-refractivity contribution in [2.75, 3.05) is 5.75 Å². The second-order valence-electron chi connectivity index (χ2n) is 9.79. The number of esters is 1. The number of rotatable bonds is 11. The highest BCUT2D eigenvalue weighted by atomic mass is 32.2. The topological polar surface area (TPSA) is 101 Å². The minimum Gasteiger partial charge on any atom is -0.481 e. The molecule has 0 radical (unpaired) electrons. The Morgan fingerprint density at radius 2 is 1.14 bits per heavy atom. The fourth-order valence-corrected chi connectivity index (χ4v) is 5.83. The van der Waals surface area contributed by atoms with Gasteiger partial charge in [0.15, 0.2) is 5.92 Å². The standard InChI is InChI=1S/C30H32O6S/c1-29(2,3)36-28(35)25(27(33)34)19-21(26(31)32)20-37-30(22-13-7-4-8-14-22,23-15-9-5-10-16-23)24-17-11-6-12-18-24/h4-18,21,25H,19-20H2,1-3H3,(H,31,32)(H,33,34). The fourth-order valence-electron chi connectivity index (χ4n) is 4.19. The number of carboxylic acid groups (broad SMARTS) is 2. The largest absolute Gasteiger partial charge is 0.481 e. The van der Waals surface area contributed by atoms with Gasteiger partial charge in [-0.05, 0) is 43.9 Å². The third-order valence-electron chi connectivity index (χ3n) is 5.90. The van der Waals surface area contributed by atoms with E-state index in [0.717, 1.165) is 16.7 Å². The maximum atomic E-state index is 12.6. The molecule has 194 valence electrons. The van der Waals surface area contributed by atoms with Crippen LogP contribution in [0.1, 0.15) is 43.9 Å². The van der Waals surface area contributed by atoms with E-state index in [0.29, 0.717) is 0 Å². The summed E-state index contributed by atoms with van der Waals surface area (Å²) in [5.74, 6) is -6.11. The Kier molecular flexibility index (Phi) is 9.16. The van der Waals surface area contributed by atoms with Crippen LogP contribution >= 0.6 is 11.8 Å². The number of carboxylic acids is 2. The summed E-state index contributed by atoms with van der Waals surface area (Å²) < 4.78 is 4.51. The molecule has 0 heterocycles. The molecule has 0 fully saturated rings. The molecule has 6 nitrogen and oxygen atoms in total. The van der Waals surface area contributed by atoms with E-state index in [1.807, 2.05) is 91.0 Å². The minimum absolute atomic E-state index is 0.0700. The molecule has 0 spiro atoms. The maximum Gasteiger partial charge on any atom is 0.320 e. The Balaban J connectivity index is 2.03. The molecule has 0 amide bonds. The van der Waals surface area contributed by atoms with Crippen molar-refractivity contribution in [3.05, 3.63) is 108 Å². The normalized spacial score (nSPS) is 13.4. The highest BCUT2D eigenvalue weighted by molar-refractivity contribution is 8.00. The van der Waals surface area contributed by atoms with E-state index in [-0.39, 0.29) is 12.2 Å². The summed E-state index contributed by atoms with van der Waals surface area (Å²) in [6, 6.07) is 29.4. The molecule has 3 aromatic carbocycles. The lowest BCUT2D eigenvalue weighted by molar-refractivity contribution is -0.167. The number of carbonyl (C=O) groups excluding carboxylic acids is 1. The van der Waals surface area contributed by atoms with Crippen molar-refractivity contribution in [2.45, 2.75) is 37.5 Å². The number of carbonyl (C=O) groups is 3. The molecule has 0 bridgehead atoms. The minimum atomic E-state index is -1.58. The molecule has 2 N–H and O–H groups in total. The van der Waals surface area contributed by atoms with Crippen LogP contribution in [0.2, 0.25) is 0 Å². The Labute approximate surface area is 221 Å². The second-order valence-corrected chi connectivity index (χ2v) is 11.0. The summed E-state index contributed by atoms with van der Waals surface area (Å²) in [4.78, 5) is 36.9. The average Bonchev–Trinajstić information content (AvgIpc) is 2.86. The fraction of sp³-hybridized carbons (Fsp3) is 0.300. The number of hydrogen-bond acceptors (Lipinski definition) is 5. The van der Waals surface area contributed by atoms with E-state index in [4.69, 9.17) is 4.74 Å². The molecule has 0 aliphatic heterocycles. The molecule has 2 atom stereocenters. The molecular formula is C30H32O6S. The van der Waals surface area contributed by atoms with E-state index < -0.39 is 40.1 Å². The number of aliphatic carboxylic acids is 2. The molecule has 3 aromatic rings. The smallest absolute Gasteiger partial charge is 0.320 e. The summed E-state index contributed by atoms with van der Waals surface area (Å²) in [6.45, 7) is 4.92. The van der Waals surface area contributed by atoms with Crippen molar-refractivity contribution in [1.29, 1.82) is 0 Å². The van der Waals surface area contributed by atoms with Crippen molar-refractivity contribution in [1.82, 2.24) is 0 Å². The van der Waals surface area contributed by atoms with E-state index in [1.54, 1.807) is 20.8 Å². The maximum absolute atomic E-state index is 12.6. The van der Waals surface area contributed by atoms with Crippen LogP contribution in [0.15, 0.2) is 91.0 Å². The lowest BCUT2D eigenvalue weighted by Gasteiger charge is -2.36. The quantitative estimate of drug-likeness (QED) is 0.186. The van der Waals surface area contributed by atoms with Crippen molar-refractivity contribution in [2.24, 2.45) is 11.8 Å². The van der Waals surface area contributed by atoms with Crippen LogP contribution in [0.3, 0.4) is 0 Å². The number of benzene rings is 3. The third kappa shape index (κ3) is 7.01. The van der Waals surface area contributed by atoms with Crippen molar-refractivity contribution in [3.63, 3.8) is 0 Å². The van der Waals surface area contributed by atoms with Crippen LogP contribution in [0.4, 0.5) is 0 Å². The van der Waals surface area contributed by atoms with Gasteiger partial charge in [0.1, 0.15) is 5.60 Å². The van der Waals surface area contributed by atoms with Crippen LogP contribution in [-0.4, -0.2) is 39.5 Å². The van der Waals surface area contributed by atoms with Gasteiger partial charge in [0, 0.05) is 5.75 Å². The van der Waals surface area contributed by atoms with E-state index >= 15 is 0 Å². The Hall–Kier alpha value is -3.58. The van der Waals surface area contributed by atoms with E-state index in [1.165, 1.54) is 11.8 Å². The predicted octanol–water partition coefficient (Wildman–Crippen LogP) is 5.85. The highest BCUT2D eigenvalue weighted by Gasteiger charge is 2.40. The monoisotopic (exact) mass is 520 g/mol. The number of thioether (sulfide) groups is 1. The van der Waals surface area contributed by atoms with Crippen molar-refractivity contribution >= 4 is 29.7 Å². The van der Waals surface area contributed by atoms with Gasteiger partial charge >= 0.3 is 17.9 Å². The first-order valence-corrected chi connectivity index (χ1v) is 13.0. The van der Waals surface area contributed by atoms with Crippen LogP contribution in [0, 0.1) is 11.8 Å². The lowest BCUT2D eigenvalue weighted by atomic mass is 9.84. The van der Waals surface area contributed by atoms with E-state index in [2.05, 4.69) is 0 Å². The molecule has 7 heteroatoms. The molecule has 0 saturated heterocycles. The van der Waals surface area contributed by atoms with E-state index in [9.17, 15) is 24.6 Å². The van der Waals surface area contributed by atoms with Crippen molar-refractivity contribution < 1.29 is 29.3 Å². The van der Waals surface area contributed by atoms with Gasteiger partial charge in [0.05, 0.1) is 10.7 Å². The molecule has 0 saturated carbocycles. The van der Waals surface area contributed by atoms with Gasteiger partial charge in [0.25, 0.3) is 0 Å². The SMILES string of the molecule is CC(C)(C)OC(=O)C(CC(CSC(c1ccccc1)(c1ccccc1)c1ccccc1)C(=O)O)C(=O)O. The first-order valence-electron chi connectivity index (χ1n) is 12.0. The number of ether oxygens (including phenoxy) is 1. The first kappa shape index (κ1) is 28.0. The lowest BCUT2D eigenvalue weighted by Crippen LogP contribution is -2.36. The van der Waals surface area contributed by atoms with Crippen LogP contribution < -0.4 is 0 Å². The predicted molar refractivity (Wildman–Crippen MR) is 144 cm³/mol. The zero-order chi connectivity index (χ0) is 27.1. The summed E-state index contributed by atoms with van der Waals surface area (Å²) >= 11 is 1.42. The second kappa shape index (κ2) is 12.1. The Bertz CT molecular complexity index is 1090. The molecule has 0 aliphatic carbocycles. The van der Waals surface area contributed by atoms with Crippen LogP contribution in [0.5, 0.6) is 0 Å². The number of hydrogen-bond donors (Lipinski definition) is 2. The molecule has 0 aliphatic rings. The van der Waals surface area contributed by atoms with Crippen molar-refractivity contribution in [3.8, 4) is 0 Å². The van der Waals surface area contributed by atoms with Gasteiger partial charge in [-0.25, -0.2) is 0 Å². The first-order chi connectivity index (χ1) is 17.5. The zero-order valence-electron chi connectivity index (χ0n) is 21.2. The molecule has 0 aromatic heterocycles. The van der Waals surface area contributed by atoms with Gasteiger partial charge in [-0.3, -0.25) is 14.4 Å². The summed E-state index contributed by atoms with van der Waals surface area (Å²) in [6.07, 6.45) is -0.374. The highest BCUT2D eigenvalue weighted by Crippen LogP contribution is 2.49. The van der Waals surface area contributed by atoms with Gasteiger partial charge in [-0.2, -0.15) is 0 Å². The van der Waals surface area contributed by atoms with Gasteiger partial charge in [-0.1, -0.05) is 91.0 Å². The van der Waals surface area contributed by atoms with Crippen LogP contribution in [-0.2, 0) is 23.9 Å². The Morgan fingerprint density at radius 1 is 0.730 bits per heavy atom. The molecule has 3 rings (SSSR count). The zero-order valence-corrected chi connectivity index (χ0v) is 22.0. The van der Waals surface area contributed by atoms with Gasteiger partial charge < -0.3 is 14.9 Å². The molecular weight excluding hydrogens is 488 g/mol. The summed E-state index contributed by atoms with van der Waals surface area (Å²) in [5.41, 5.74) is 2.00. The molecule has 2 unspecified atom stereocenters. The third-order valence-corrected chi connectivity index (χ3v) is 7.61. The van der Waals surface area contributed by atoms with Gasteiger partial charge in [0.2, 0.25) is 0 Å². The average molecular weight is 521 g/mol. The Morgan fingerprint density at radius 3 is 1.46 bits per heavy atom. The summed E-state index contributed by atoms with van der Waals surface area (Å²) in [7, 11) is 0.